The fourth-order valence-electron chi connectivity index (χ4n) is 3.85. The molecule has 1 aliphatic heterocycles. The summed E-state index contributed by atoms with van der Waals surface area (Å²) in [6.07, 6.45) is 0. The third-order valence-electron chi connectivity index (χ3n) is 5.37. The van der Waals surface area contributed by atoms with Crippen molar-refractivity contribution >= 4 is 99.5 Å². The first-order chi connectivity index (χ1) is 15.0. The van der Waals surface area contributed by atoms with Gasteiger partial charge < -0.3 is 20.1 Å². The zero-order valence-electron chi connectivity index (χ0n) is 15.4. The molecule has 1 aromatic rings. The van der Waals surface area contributed by atoms with Gasteiger partial charge in [-0.05, 0) is 18.2 Å². The lowest BCUT2D eigenvalue weighted by Crippen LogP contribution is -2.47. The fourth-order valence-corrected chi connectivity index (χ4v) is 6.77. The second-order valence-corrected chi connectivity index (χ2v) is 10.3. The number of carbonyl (C=O) groups excluding carboxylic acids is 2. The second-order valence-electron chi connectivity index (χ2n) is 7.00. The van der Waals surface area contributed by atoms with E-state index in [-0.39, 0.29) is 15.6 Å². The summed E-state index contributed by atoms with van der Waals surface area (Å²) in [6, 6.07) is 2.81. The van der Waals surface area contributed by atoms with Gasteiger partial charge in [0.05, 0.1) is 26.8 Å². The zero-order valence-corrected chi connectivity index (χ0v) is 20.0. The van der Waals surface area contributed by atoms with Crippen molar-refractivity contribution in [2.24, 2.45) is 11.8 Å². The molecular weight excluding hydrogens is 573 g/mol. The molecule has 2 aliphatic carbocycles. The minimum Gasteiger partial charge on any atom is -0.478 e. The minimum absolute atomic E-state index is 0.126. The Labute approximate surface area is 213 Å². The Morgan fingerprint density at radius 1 is 0.758 bits per heavy atom. The lowest BCUT2D eigenvalue weighted by atomic mass is 9.84. The number of carboxylic acids is 3. The predicted molar refractivity (Wildman–Crippen MR) is 116 cm³/mol. The third-order valence-corrected chi connectivity index (χ3v) is 9.63. The van der Waals surface area contributed by atoms with Crippen LogP contribution in [0.15, 0.2) is 28.3 Å². The first kappa shape index (κ1) is 25.9. The molecule has 0 spiro atoms. The normalized spacial score (nSPS) is 31.0. The molecule has 9 nitrogen and oxygen atoms in total. The molecule has 0 aromatic heterocycles. The highest BCUT2D eigenvalue weighted by Gasteiger charge is 2.87. The van der Waals surface area contributed by atoms with Gasteiger partial charge in [0.25, 0.3) is 0 Å². The molecule has 3 aliphatic rings. The van der Waals surface area contributed by atoms with Crippen LogP contribution in [0.2, 0.25) is 0 Å². The second kappa shape index (κ2) is 8.18. The van der Waals surface area contributed by atoms with Crippen LogP contribution in [0.4, 0.5) is 0 Å². The fraction of sp³-hybridized carbons (Fsp3) is 0.278. The number of allylic oxidation sites excluding steroid dienone is 2. The molecule has 0 amide bonds. The molecular formula is C18H8Cl6O9. The average Bonchev–Trinajstić information content (AvgIpc) is 3.14. The molecule has 0 radical (unpaired) electrons. The van der Waals surface area contributed by atoms with E-state index in [1.807, 2.05) is 0 Å². The Balaban J connectivity index is 0.000000190. The summed E-state index contributed by atoms with van der Waals surface area (Å²) in [4.78, 5) is 51.7. The number of hydrogen-bond acceptors (Lipinski definition) is 6. The summed E-state index contributed by atoms with van der Waals surface area (Å²) in [6.45, 7) is 0. The molecule has 1 heterocycles. The largest absolute Gasteiger partial charge is 0.478 e. The molecule has 15 heteroatoms. The molecule has 3 N–H and O–H groups in total. The first-order valence-corrected chi connectivity index (χ1v) is 10.7. The highest BCUT2D eigenvalue weighted by molar-refractivity contribution is 6.66. The summed E-state index contributed by atoms with van der Waals surface area (Å²) >= 11 is 36.9. The van der Waals surface area contributed by atoms with Crippen molar-refractivity contribution < 1.29 is 44.0 Å². The quantitative estimate of drug-likeness (QED) is 0.274. The van der Waals surface area contributed by atoms with Gasteiger partial charge in [0, 0.05) is 0 Å². The van der Waals surface area contributed by atoms with E-state index in [0.717, 1.165) is 18.2 Å². The van der Waals surface area contributed by atoms with Gasteiger partial charge in [0.2, 0.25) is 0 Å². The molecule has 4 unspecified atom stereocenters. The lowest BCUT2D eigenvalue weighted by Gasteiger charge is -2.32. The topological polar surface area (TPSA) is 155 Å². The van der Waals surface area contributed by atoms with Crippen LogP contribution in [-0.2, 0) is 14.3 Å². The van der Waals surface area contributed by atoms with Gasteiger partial charge in [0.15, 0.2) is 4.33 Å². The van der Waals surface area contributed by atoms with E-state index < -0.39 is 66.9 Å². The Morgan fingerprint density at radius 2 is 1.18 bits per heavy atom. The molecule has 33 heavy (non-hydrogen) atoms. The number of carboxylic acid groups (broad SMARTS) is 3. The number of carbonyl (C=O) groups is 5. The van der Waals surface area contributed by atoms with Crippen molar-refractivity contribution in [2.75, 3.05) is 0 Å². The zero-order chi connectivity index (χ0) is 25.3. The van der Waals surface area contributed by atoms with Gasteiger partial charge >= 0.3 is 29.8 Å². The van der Waals surface area contributed by atoms with Crippen LogP contribution in [0.25, 0.3) is 0 Å². The van der Waals surface area contributed by atoms with Gasteiger partial charge in [-0.25, -0.2) is 14.4 Å². The summed E-state index contributed by atoms with van der Waals surface area (Å²) in [7, 11) is 0. The number of halogens is 6. The standard InChI is InChI=1S/C9H2Cl6O3.C9H6O6/c10-3-4(11)8(13)2-1(5(16)18-6(2)17)7(3,12)9(8,14)15;10-7(11)4-1-2-5(8(12)13)6(3-4)9(14)15/h1-2H;1-3H,(H,10,11)(H,12,13)(H,14,15). The van der Waals surface area contributed by atoms with Crippen molar-refractivity contribution in [2.45, 2.75) is 14.1 Å². The Hall–Kier alpha value is -1.75. The molecule has 2 fully saturated rings. The maximum absolute atomic E-state index is 11.7. The van der Waals surface area contributed by atoms with Crippen molar-refractivity contribution in [1.82, 2.24) is 0 Å². The summed E-state index contributed by atoms with van der Waals surface area (Å²) < 4.78 is 2.63. The maximum atomic E-state index is 11.7. The van der Waals surface area contributed by atoms with E-state index in [0.29, 0.717) is 0 Å². The highest BCUT2D eigenvalue weighted by atomic mass is 35.5. The van der Waals surface area contributed by atoms with E-state index in [1.165, 1.54) is 0 Å². The van der Waals surface area contributed by atoms with E-state index in [9.17, 15) is 24.0 Å². The van der Waals surface area contributed by atoms with Crippen molar-refractivity contribution in [1.29, 1.82) is 0 Å². The van der Waals surface area contributed by atoms with E-state index in [1.54, 1.807) is 0 Å². The minimum atomic E-state index is -1.89. The first-order valence-electron chi connectivity index (χ1n) is 8.46. The molecule has 1 saturated carbocycles. The highest BCUT2D eigenvalue weighted by Crippen LogP contribution is 2.77. The van der Waals surface area contributed by atoms with Crippen molar-refractivity contribution in [3.05, 3.63) is 45.0 Å². The van der Waals surface area contributed by atoms with Gasteiger partial charge in [-0.3, -0.25) is 9.59 Å². The molecule has 1 aromatic carbocycles. The Bertz CT molecular complexity index is 1130. The average molecular weight is 581 g/mol. The van der Waals surface area contributed by atoms with Gasteiger partial charge in [-0.15, -0.1) is 23.2 Å². The number of esters is 2. The van der Waals surface area contributed by atoms with Crippen LogP contribution < -0.4 is 0 Å². The van der Waals surface area contributed by atoms with Gasteiger partial charge in [0.1, 0.15) is 21.6 Å². The van der Waals surface area contributed by atoms with E-state index >= 15 is 0 Å². The van der Waals surface area contributed by atoms with E-state index in [2.05, 4.69) is 4.74 Å². The SMILES string of the molecule is O=C(O)c1ccc(C(=O)O)c(C(=O)O)c1.O=C1OC(=O)C2C1C1(Cl)C(Cl)=C(Cl)C2(Cl)C1(Cl)Cl. The molecule has 176 valence electrons. The summed E-state index contributed by atoms with van der Waals surface area (Å²) in [5, 5.41) is 25.6. The summed E-state index contributed by atoms with van der Waals surface area (Å²) in [5.74, 6) is -8.19. The number of aromatic carboxylic acids is 3. The maximum Gasteiger partial charge on any atom is 0.336 e. The number of benzene rings is 1. The van der Waals surface area contributed by atoms with Crippen molar-refractivity contribution in [3.63, 3.8) is 0 Å². The number of alkyl halides is 4. The van der Waals surface area contributed by atoms with Gasteiger partial charge in [-0.1, -0.05) is 46.4 Å². The Morgan fingerprint density at radius 3 is 1.55 bits per heavy atom. The summed E-state index contributed by atoms with van der Waals surface area (Å²) in [5.41, 5.74) is -1.24. The molecule has 2 bridgehead atoms. The molecule has 1 saturated heterocycles. The number of fused-ring (bicyclic) bond motifs is 5. The molecule has 4 atom stereocenters. The monoisotopic (exact) mass is 578 g/mol. The van der Waals surface area contributed by atoms with E-state index in [4.69, 9.17) is 84.9 Å². The van der Waals surface area contributed by atoms with Gasteiger partial charge in [-0.2, -0.15) is 0 Å². The number of hydrogen-bond donors (Lipinski definition) is 3. The third kappa shape index (κ3) is 3.32. The van der Waals surface area contributed by atoms with Crippen LogP contribution in [0, 0.1) is 11.8 Å². The number of ether oxygens (including phenoxy) is 1. The molecule has 4 rings (SSSR count). The van der Waals surface area contributed by atoms with Crippen LogP contribution in [-0.4, -0.2) is 59.2 Å². The van der Waals surface area contributed by atoms with Crippen molar-refractivity contribution in [3.8, 4) is 0 Å². The van der Waals surface area contributed by atoms with Crippen LogP contribution >= 0.6 is 69.6 Å². The number of rotatable bonds is 3. The smallest absolute Gasteiger partial charge is 0.336 e. The van der Waals surface area contributed by atoms with Crippen LogP contribution in [0.3, 0.4) is 0 Å². The van der Waals surface area contributed by atoms with Crippen LogP contribution in [0.5, 0.6) is 0 Å². The Kier molecular flexibility index (Phi) is 6.41. The number of cyclic esters (lactones) is 2. The van der Waals surface area contributed by atoms with Crippen LogP contribution in [0.1, 0.15) is 31.1 Å². The predicted octanol–water partition coefficient (Wildman–Crippen LogP) is 3.93. The lowest BCUT2D eigenvalue weighted by molar-refractivity contribution is -0.154.